The maximum absolute atomic E-state index is 12.2. The van der Waals surface area contributed by atoms with Gasteiger partial charge in [-0.1, -0.05) is 0 Å². The van der Waals surface area contributed by atoms with Crippen LogP contribution in [0.5, 0.6) is 0 Å². The van der Waals surface area contributed by atoms with Crippen molar-refractivity contribution in [3.63, 3.8) is 0 Å². The van der Waals surface area contributed by atoms with Crippen LogP contribution in [0.15, 0.2) is 11.4 Å². The fourth-order valence-corrected chi connectivity index (χ4v) is 2.59. The Morgan fingerprint density at radius 3 is 2.78 bits per heavy atom. The number of hydrogen-bond donors (Lipinski definition) is 2. The van der Waals surface area contributed by atoms with Gasteiger partial charge in [0, 0.05) is 11.9 Å². The molecule has 0 fully saturated rings. The van der Waals surface area contributed by atoms with Crippen LogP contribution in [0.4, 0.5) is 5.69 Å². The third-order valence-corrected chi connectivity index (χ3v) is 3.90. The second-order valence-electron chi connectivity index (χ2n) is 4.30. The summed E-state index contributed by atoms with van der Waals surface area (Å²) in [6.45, 7) is 4.41. The van der Waals surface area contributed by atoms with Crippen LogP contribution in [0.25, 0.3) is 0 Å². The summed E-state index contributed by atoms with van der Waals surface area (Å²) in [5.74, 6) is -0.162. The average molecular weight is 264 g/mol. The molecular formula is C12H16N4OS. The lowest BCUT2D eigenvalue weighted by Gasteiger charge is -2.15. The molecule has 0 saturated carbocycles. The fraction of sp³-hybridized carbons (Fsp3) is 0.333. The molecule has 0 aliphatic heterocycles. The van der Waals surface area contributed by atoms with Crippen molar-refractivity contribution >= 4 is 22.9 Å². The largest absolute Gasteiger partial charge is 0.395 e. The molecule has 5 nitrogen and oxygen atoms in total. The summed E-state index contributed by atoms with van der Waals surface area (Å²) in [6, 6.07) is 2.05. The van der Waals surface area contributed by atoms with Crippen LogP contribution in [0.2, 0.25) is 0 Å². The van der Waals surface area contributed by atoms with E-state index in [1.54, 1.807) is 30.2 Å². The first-order valence-corrected chi connectivity index (χ1v) is 6.47. The van der Waals surface area contributed by atoms with Gasteiger partial charge >= 0.3 is 0 Å². The molecule has 18 heavy (non-hydrogen) atoms. The van der Waals surface area contributed by atoms with E-state index in [0.29, 0.717) is 17.9 Å². The molecule has 0 aliphatic rings. The number of carbonyl (C=O) groups is 1. The van der Waals surface area contributed by atoms with Crippen LogP contribution in [-0.2, 0) is 6.54 Å². The number of amides is 1. The Bertz CT molecular complexity index is 572. The van der Waals surface area contributed by atoms with Gasteiger partial charge in [-0.05, 0) is 30.9 Å². The third-order valence-electron chi connectivity index (χ3n) is 2.89. The number of aromatic amines is 1. The highest BCUT2D eigenvalue weighted by Gasteiger charge is 2.20. The van der Waals surface area contributed by atoms with Gasteiger partial charge in [0.2, 0.25) is 0 Å². The summed E-state index contributed by atoms with van der Waals surface area (Å²) in [5, 5.41) is 8.70. The van der Waals surface area contributed by atoms with E-state index in [0.717, 1.165) is 5.69 Å². The van der Waals surface area contributed by atoms with Crippen molar-refractivity contribution in [1.82, 2.24) is 15.1 Å². The quantitative estimate of drug-likeness (QED) is 0.889. The van der Waals surface area contributed by atoms with E-state index in [1.807, 2.05) is 18.4 Å². The number of aromatic nitrogens is 2. The van der Waals surface area contributed by atoms with Gasteiger partial charge in [-0.2, -0.15) is 5.10 Å². The summed E-state index contributed by atoms with van der Waals surface area (Å²) in [5.41, 5.74) is 8.45. The van der Waals surface area contributed by atoms with Crippen LogP contribution >= 0.6 is 11.3 Å². The maximum Gasteiger partial charge on any atom is 0.276 e. The second-order valence-corrected chi connectivity index (χ2v) is 5.30. The molecule has 96 valence electrons. The molecule has 0 unspecified atom stereocenters. The van der Waals surface area contributed by atoms with Gasteiger partial charge in [0.05, 0.1) is 17.9 Å². The first-order valence-electron chi connectivity index (χ1n) is 5.59. The molecule has 0 radical (unpaired) electrons. The maximum atomic E-state index is 12.2. The molecule has 0 spiro atoms. The number of carbonyl (C=O) groups excluding carboxylic acids is 1. The van der Waals surface area contributed by atoms with E-state index in [1.165, 1.54) is 10.4 Å². The van der Waals surface area contributed by atoms with Crippen molar-refractivity contribution in [1.29, 1.82) is 0 Å². The molecule has 0 saturated heterocycles. The Hall–Kier alpha value is -1.82. The minimum Gasteiger partial charge on any atom is -0.395 e. The molecule has 2 heterocycles. The van der Waals surface area contributed by atoms with Crippen molar-refractivity contribution in [3.05, 3.63) is 33.3 Å². The lowest BCUT2D eigenvalue weighted by atomic mass is 10.2. The molecule has 0 atom stereocenters. The molecular weight excluding hydrogens is 248 g/mol. The number of rotatable bonds is 3. The molecule has 2 aromatic rings. The van der Waals surface area contributed by atoms with Crippen molar-refractivity contribution in [2.24, 2.45) is 0 Å². The highest BCUT2D eigenvalue weighted by Crippen LogP contribution is 2.20. The SMILES string of the molecule is Cc1ccsc1CN(C)C(=O)c1n[nH]c(C)c1N. The number of nitrogen functional groups attached to an aromatic ring is 1. The van der Waals surface area contributed by atoms with Crippen molar-refractivity contribution in [2.75, 3.05) is 12.8 Å². The van der Waals surface area contributed by atoms with E-state index in [-0.39, 0.29) is 5.91 Å². The lowest BCUT2D eigenvalue weighted by Crippen LogP contribution is -2.27. The molecule has 2 aromatic heterocycles. The Balaban J connectivity index is 2.15. The van der Waals surface area contributed by atoms with Crippen LogP contribution in [0.3, 0.4) is 0 Å². The van der Waals surface area contributed by atoms with E-state index in [4.69, 9.17) is 5.73 Å². The summed E-state index contributed by atoms with van der Waals surface area (Å²) in [6.07, 6.45) is 0. The minimum atomic E-state index is -0.162. The molecule has 1 amide bonds. The molecule has 0 aliphatic carbocycles. The molecule has 0 aromatic carbocycles. The fourth-order valence-electron chi connectivity index (χ4n) is 1.63. The zero-order valence-corrected chi connectivity index (χ0v) is 11.5. The van der Waals surface area contributed by atoms with Crippen LogP contribution in [0.1, 0.15) is 26.6 Å². The van der Waals surface area contributed by atoms with Crippen molar-refractivity contribution in [2.45, 2.75) is 20.4 Å². The van der Waals surface area contributed by atoms with Crippen LogP contribution in [0, 0.1) is 13.8 Å². The zero-order valence-electron chi connectivity index (χ0n) is 10.7. The number of aryl methyl sites for hydroxylation is 2. The predicted octanol–water partition coefficient (Wildman–Crippen LogP) is 1.94. The Morgan fingerprint density at radius 1 is 1.56 bits per heavy atom. The van der Waals surface area contributed by atoms with E-state index >= 15 is 0 Å². The van der Waals surface area contributed by atoms with Gasteiger partial charge in [0.15, 0.2) is 5.69 Å². The second kappa shape index (κ2) is 4.81. The summed E-state index contributed by atoms with van der Waals surface area (Å²) in [7, 11) is 1.75. The van der Waals surface area contributed by atoms with Crippen LogP contribution < -0.4 is 5.73 Å². The smallest absolute Gasteiger partial charge is 0.276 e. The van der Waals surface area contributed by atoms with E-state index < -0.39 is 0 Å². The Labute approximate surface area is 110 Å². The molecule has 3 N–H and O–H groups in total. The third kappa shape index (κ3) is 2.24. The number of nitrogens with zero attached hydrogens (tertiary/aromatic N) is 2. The average Bonchev–Trinajstić information content (AvgIpc) is 2.87. The standard InChI is InChI=1S/C12H16N4OS/c1-7-4-5-18-9(7)6-16(3)12(17)11-10(13)8(2)14-15-11/h4-5H,6,13H2,1-3H3,(H,14,15). The number of hydrogen-bond acceptors (Lipinski definition) is 4. The Morgan fingerprint density at radius 2 is 2.28 bits per heavy atom. The van der Waals surface area contributed by atoms with Gasteiger partial charge < -0.3 is 10.6 Å². The van der Waals surface area contributed by atoms with Gasteiger partial charge in [0.1, 0.15) is 0 Å². The number of anilines is 1. The van der Waals surface area contributed by atoms with Crippen molar-refractivity contribution in [3.8, 4) is 0 Å². The number of H-pyrrole nitrogens is 1. The van der Waals surface area contributed by atoms with Crippen molar-refractivity contribution < 1.29 is 4.79 Å². The van der Waals surface area contributed by atoms with E-state index in [9.17, 15) is 4.79 Å². The number of nitrogens with two attached hydrogens (primary N) is 1. The topological polar surface area (TPSA) is 75.0 Å². The predicted molar refractivity (Wildman–Crippen MR) is 72.6 cm³/mol. The number of thiophene rings is 1. The minimum absolute atomic E-state index is 0.162. The molecule has 6 heteroatoms. The van der Waals surface area contributed by atoms with Gasteiger partial charge in [-0.3, -0.25) is 9.89 Å². The zero-order chi connectivity index (χ0) is 13.3. The van der Waals surface area contributed by atoms with Gasteiger partial charge in [0.25, 0.3) is 5.91 Å². The number of nitrogens with one attached hydrogen (secondary N) is 1. The summed E-state index contributed by atoms with van der Waals surface area (Å²) < 4.78 is 0. The van der Waals surface area contributed by atoms with Gasteiger partial charge in [-0.15, -0.1) is 11.3 Å². The first kappa shape index (κ1) is 12.6. The summed E-state index contributed by atoms with van der Waals surface area (Å²) in [4.78, 5) is 15.0. The highest BCUT2D eigenvalue weighted by atomic mass is 32.1. The first-order chi connectivity index (χ1) is 8.50. The Kier molecular flexibility index (Phi) is 3.38. The van der Waals surface area contributed by atoms with Gasteiger partial charge in [-0.25, -0.2) is 0 Å². The highest BCUT2D eigenvalue weighted by molar-refractivity contribution is 7.10. The monoisotopic (exact) mass is 264 g/mol. The summed E-state index contributed by atoms with van der Waals surface area (Å²) >= 11 is 1.65. The normalized spacial score (nSPS) is 10.6. The molecule has 0 bridgehead atoms. The molecule has 2 rings (SSSR count). The lowest BCUT2D eigenvalue weighted by molar-refractivity contribution is 0.0781. The van der Waals surface area contributed by atoms with E-state index in [2.05, 4.69) is 10.2 Å². The van der Waals surface area contributed by atoms with Crippen LogP contribution in [-0.4, -0.2) is 28.1 Å².